The fourth-order valence-electron chi connectivity index (χ4n) is 1.89. The predicted octanol–water partition coefficient (Wildman–Crippen LogP) is 5.57. The molecule has 0 aromatic carbocycles. The van der Waals surface area contributed by atoms with Crippen molar-refractivity contribution in [2.75, 3.05) is 6.61 Å². The molecule has 0 heterocycles. The lowest BCUT2D eigenvalue weighted by Crippen LogP contribution is -1.77. The summed E-state index contributed by atoms with van der Waals surface area (Å²) in [6.07, 6.45) is 25.4. The largest absolute Gasteiger partial charge is 0.396 e. The topological polar surface area (TPSA) is 20.2 Å². The molecule has 1 nitrogen and oxygen atoms in total. The number of aliphatic hydroxyl groups excluding tert-OH is 1. The van der Waals surface area contributed by atoms with E-state index in [2.05, 4.69) is 37.3 Å². The van der Waals surface area contributed by atoms with Crippen molar-refractivity contribution in [3.63, 3.8) is 0 Å². The molecule has 19 heavy (non-hydrogen) atoms. The Bertz CT molecular complexity index is 238. The lowest BCUT2D eigenvalue weighted by atomic mass is 10.1. The number of allylic oxidation sites excluding steroid dienone is 5. The highest BCUT2D eigenvalue weighted by Crippen LogP contribution is 2.07. The normalized spacial score (nSPS) is 12.3. The van der Waals surface area contributed by atoms with Crippen molar-refractivity contribution in [2.24, 2.45) is 0 Å². The van der Waals surface area contributed by atoms with Crippen molar-refractivity contribution in [1.82, 2.24) is 0 Å². The standard InChI is InChI=1S/C18H32O/c1-2-3-4-5-6-7-8-9-10-11-12-13-14-15-16-17-18-19/h9-10,12-13,15-16,19H,2-8,11,14,17-18H2,1H3/b10-9-,13-12-,16-15-. The van der Waals surface area contributed by atoms with Crippen molar-refractivity contribution in [3.8, 4) is 0 Å². The lowest BCUT2D eigenvalue weighted by Gasteiger charge is -1.97. The summed E-state index contributed by atoms with van der Waals surface area (Å²) in [7, 11) is 0. The molecule has 0 aliphatic heterocycles. The lowest BCUT2D eigenvalue weighted by molar-refractivity contribution is 0.302. The van der Waals surface area contributed by atoms with Crippen LogP contribution in [0, 0.1) is 0 Å². The number of rotatable bonds is 13. The van der Waals surface area contributed by atoms with Gasteiger partial charge in [0, 0.05) is 6.61 Å². The molecule has 0 aromatic heterocycles. The Kier molecular flexibility index (Phi) is 16.4. The molecule has 1 heteroatoms. The Morgan fingerprint density at radius 3 is 1.79 bits per heavy atom. The van der Waals surface area contributed by atoms with Gasteiger partial charge in [0.2, 0.25) is 0 Å². The molecule has 0 saturated carbocycles. The third-order valence-electron chi connectivity index (χ3n) is 3.06. The zero-order chi connectivity index (χ0) is 14.0. The van der Waals surface area contributed by atoms with E-state index < -0.39 is 0 Å². The van der Waals surface area contributed by atoms with Gasteiger partial charge in [-0.2, -0.15) is 0 Å². The van der Waals surface area contributed by atoms with E-state index in [1.165, 1.54) is 44.9 Å². The van der Waals surface area contributed by atoms with Crippen LogP contribution in [-0.2, 0) is 0 Å². The number of unbranched alkanes of at least 4 members (excludes halogenated alkanes) is 6. The summed E-state index contributed by atoms with van der Waals surface area (Å²) in [4.78, 5) is 0. The summed E-state index contributed by atoms with van der Waals surface area (Å²) in [5.41, 5.74) is 0. The van der Waals surface area contributed by atoms with E-state index in [1.54, 1.807) is 0 Å². The fraction of sp³-hybridized carbons (Fsp3) is 0.667. The summed E-state index contributed by atoms with van der Waals surface area (Å²) in [6.45, 7) is 2.51. The van der Waals surface area contributed by atoms with Crippen LogP contribution in [0.15, 0.2) is 36.5 Å². The van der Waals surface area contributed by atoms with Gasteiger partial charge < -0.3 is 5.11 Å². The minimum Gasteiger partial charge on any atom is -0.396 e. The zero-order valence-electron chi connectivity index (χ0n) is 12.7. The maximum absolute atomic E-state index is 8.59. The second kappa shape index (κ2) is 17.2. The summed E-state index contributed by atoms with van der Waals surface area (Å²) < 4.78 is 0. The summed E-state index contributed by atoms with van der Waals surface area (Å²) in [5.74, 6) is 0. The van der Waals surface area contributed by atoms with Crippen molar-refractivity contribution in [2.45, 2.75) is 71.1 Å². The number of hydrogen-bond donors (Lipinski definition) is 1. The predicted molar refractivity (Wildman–Crippen MR) is 86.3 cm³/mol. The third-order valence-corrected chi connectivity index (χ3v) is 3.06. The van der Waals surface area contributed by atoms with Gasteiger partial charge in [-0.3, -0.25) is 0 Å². The summed E-state index contributed by atoms with van der Waals surface area (Å²) in [5, 5.41) is 8.59. The molecule has 110 valence electrons. The van der Waals surface area contributed by atoms with Gasteiger partial charge >= 0.3 is 0 Å². The van der Waals surface area contributed by atoms with Crippen LogP contribution in [-0.4, -0.2) is 11.7 Å². The van der Waals surface area contributed by atoms with Gasteiger partial charge in [-0.05, 0) is 32.1 Å². The molecule has 0 fully saturated rings. The van der Waals surface area contributed by atoms with Crippen LogP contribution in [0.1, 0.15) is 71.1 Å². The van der Waals surface area contributed by atoms with Crippen molar-refractivity contribution >= 4 is 0 Å². The second-order valence-electron chi connectivity index (χ2n) is 4.95. The molecule has 0 saturated heterocycles. The maximum Gasteiger partial charge on any atom is 0.0465 e. The zero-order valence-corrected chi connectivity index (χ0v) is 12.7. The highest BCUT2D eigenvalue weighted by atomic mass is 16.2. The van der Waals surface area contributed by atoms with E-state index in [1.807, 2.05) is 6.08 Å². The maximum atomic E-state index is 8.59. The van der Waals surface area contributed by atoms with Gasteiger partial charge in [-0.1, -0.05) is 75.5 Å². The summed E-state index contributed by atoms with van der Waals surface area (Å²) >= 11 is 0. The van der Waals surface area contributed by atoms with Crippen molar-refractivity contribution < 1.29 is 5.11 Å². The molecule has 0 aliphatic rings. The van der Waals surface area contributed by atoms with Gasteiger partial charge in [0.05, 0.1) is 0 Å². The van der Waals surface area contributed by atoms with Crippen molar-refractivity contribution in [1.29, 1.82) is 0 Å². The molecule has 1 N–H and O–H groups in total. The van der Waals surface area contributed by atoms with Crippen LogP contribution in [0.25, 0.3) is 0 Å². The molecule has 0 radical (unpaired) electrons. The molecule has 0 atom stereocenters. The average molecular weight is 264 g/mol. The Hall–Kier alpha value is -0.820. The van der Waals surface area contributed by atoms with Gasteiger partial charge in [0.15, 0.2) is 0 Å². The van der Waals surface area contributed by atoms with Gasteiger partial charge in [-0.25, -0.2) is 0 Å². The number of hydrogen-bond acceptors (Lipinski definition) is 1. The first-order valence-corrected chi connectivity index (χ1v) is 7.97. The molecule has 0 unspecified atom stereocenters. The average Bonchev–Trinajstić information content (AvgIpc) is 2.43. The fourth-order valence-corrected chi connectivity index (χ4v) is 1.89. The monoisotopic (exact) mass is 264 g/mol. The van der Waals surface area contributed by atoms with Crippen LogP contribution >= 0.6 is 0 Å². The van der Waals surface area contributed by atoms with E-state index in [4.69, 9.17) is 5.11 Å². The van der Waals surface area contributed by atoms with E-state index in [0.717, 1.165) is 19.3 Å². The number of aliphatic hydroxyl groups is 1. The van der Waals surface area contributed by atoms with Crippen LogP contribution < -0.4 is 0 Å². The first-order chi connectivity index (χ1) is 9.41. The van der Waals surface area contributed by atoms with Crippen LogP contribution in [0.5, 0.6) is 0 Å². The quantitative estimate of drug-likeness (QED) is 0.340. The molecule has 0 amide bonds. The Morgan fingerprint density at radius 2 is 1.16 bits per heavy atom. The highest BCUT2D eigenvalue weighted by Gasteiger charge is 1.87. The first-order valence-electron chi connectivity index (χ1n) is 7.97. The molecule has 0 bridgehead atoms. The van der Waals surface area contributed by atoms with E-state index in [0.29, 0.717) is 0 Å². The van der Waals surface area contributed by atoms with E-state index >= 15 is 0 Å². The Balaban J connectivity index is 3.22. The van der Waals surface area contributed by atoms with Crippen LogP contribution in [0.4, 0.5) is 0 Å². The minimum absolute atomic E-state index is 0.251. The Morgan fingerprint density at radius 1 is 0.632 bits per heavy atom. The molecular formula is C18H32O. The smallest absolute Gasteiger partial charge is 0.0465 e. The third kappa shape index (κ3) is 17.2. The SMILES string of the molecule is CCCCCCCC/C=C\C/C=C\C/C=C\CCO. The van der Waals surface area contributed by atoms with Crippen LogP contribution in [0.3, 0.4) is 0 Å². The minimum atomic E-state index is 0.251. The van der Waals surface area contributed by atoms with Gasteiger partial charge in [0.1, 0.15) is 0 Å². The van der Waals surface area contributed by atoms with Crippen molar-refractivity contribution in [3.05, 3.63) is 36.5 Å². The molecular weight excluding hydrogens is 232 g/mol. The first kappa shape index (κ1) is 18.2. The van der Waals surface area contributed by atoms with Crippen LogP contribution in [0.2, 0.25) is 0 Å². The molecule has 0 aliphatic carbocycles. The van der Waals surface area contributed by atoms with E-state index in [-0.39, 0.29) is 6.61 Å². The Labute approximate surface area is 120 Å². The van der Waals surface area contributed by atoms with E-state index in [9.17, 15) is 0 Å². The van der Waals surface area contributed by atoms with Gasteiger partial charge in [0.25, 0.3) is 0 Å². The second-order valence-corrected chi connectivity index (χ2v) is 4.95. The highest BCUT2D eigenvalue weighted by molar-refractivity contribution is 4.97. The molecule has 0 aromatic rings. The van der Waals surface area contributed by atoms with Gasteiger partial charge in [-0.15, -0.1) is 0 Å². The molecule has 0 spiro atoms. The molecule has 0 rings (SSSR count). The summed E-state index contributed by atoms with van der Waals surface area (Å²) in [6, 6.07) is 0.